The van der Waals surface area contributed by atoms with Gasteiger partial charge in [-0.2, -0.15) is 0 Å². The molecule has 2 rings (SSSR count). The quantitative estimate of drug-likeness (QED) is 0.824. The van der Waals surface area contributed by atoms with E-state index in [4.69, 9.17) is 5.73 Å². The summed E-state index contributed by atoms with van der Waals surface area (Å²) in [6, 6.07) is 9.52. The lowest BCUT2D eigenvalue weighted by atomic mass is 9.93. The Balaban J connectivity index is 1.99. The Hall–Kier alpha value is -0.820. The van der Waals surface area contributed by atoms with Crippen LogP contribution in [-0.4, -0.2) is 6.04 Å². The number of rotatable bonds is 3. The van der Waals surface area contributed by atoms with Crippen molar-refractivity contribution in [3.8, 4) is 0 Å². The van der Waals surface area contributed by atoms with Gasteiger partial charge in [0.2, 0.25) is 0 Å². The van der Waals surface area contributed by atoms with Crippen LogP contribution in [0.5, 0.6) is 0 Å². The van der Waals surface area contributed by atoms with Crippen molar-refractivity contribution < 1.29 is 0 Å². The fourth-order valence-electron chi connectivity index (χ4n) is 2.66. The van der Waals surface area contributed by atoms with E-state index in [0.717, 1.165) is 0 Å². The highest BCUT2D eigenvalue weighted by Crippen LogP contribution is 2.27. The second kappa shape index (κ2) is 5.01. The van der Waals surface area contributed by atoms with E-state index in [0.29, 0.717) is 17.9 Å². The zero-order valence-corrected chi connectivity index (χ0v) is 10.4. The van der Waals surface area contributed by atoms with Gasteiger partial charge < -0.3 is 5.73 Å². The van der Waals surface area contributed by atoms with Crippen molar-refractivity contribution in [2.24, 2.45) is 11.7 Å². The summed E-state index contributed by atoms with van der Waals surface area (Å²) in [5, 5.41) is 0. The zero-order chi connectivity index (χ0) is 11.5. The standard InChI is InChI=1S/C15H23N/c1-11(2)13-8-6-12(7-9-13)10-14-4-3-5-15(14)16/h6-9,11,14-15H,3-5,10,16H2,1-2H3. The maximum Gasteiger partial charge on any atom is 0.00703 e. The molecule has 0 saturated heterocycles. The molecule has 1 aliphatic carbocycles. The topological polar surface area (TPSA) is 26.0 Å². The minimum Gasteiger partial charge on any atom is -0.327 e. The zero-order valence-electron chi connectivity index (χ0n) is 10.4. The first-order valence-corrected chi connectivity index (χ1v) is 6.51. The van der Waals surface area contributed by atoms with E-state index in [1.165, 1.54) is 36.8 Å². The van der Waals surface area contributed by atoms with E-state index in [-0.39, 0.29) is 0 Å². The Bertz CT molecular complexity index is 326. The number of benzene rings is 1. The summed E-state index contributed by atoms with van der Waals surface area (Å²) in [6.45, 7) is 4.48. The second-order valence-corrected chi connectivity index (χ2v) is 5.46. The van der Waals surface area contributed by atoms with Crippen LogP contribution in [0.4, 0.5) is 0 Å². The predicted molar refractivity (Wildman–Crippen MR) is 69.6 cm³/mol. The molecule has 0 amide bonds. The monoisotopic (exact) mass is 217 g/mol. The number of hydrogen-bond acceptors (Lipinski definition) is 1. The van der Waals surface area contributed by atoms with E-state index in [1.54, 1.807) is 0 Å². The van der Waals surface area contributed by atoms with E-state index >= 15 is 0 Å². The van der Waals surface area contributed by atoms with Gasteiger partial charge in [0, 0.05) is 6.04 Å². The minimum absolute atomic E-state index is 0.435. The Morgan fingerprint density at radius 1 is 1.19 bits per heavy atom. The predicted octanol–water partition coefficient (Wildman–Crippen LogP) is 3.48. The summed E-state index contributed by atoms with van der Waals surface area (Å²) in [5.41, 5.74) is 8.99. The van der Waals surface area contributed by atoms with Gasteiger partial charge in [-0.25, -0.2) is 0 Å². The van der Waals surface area contributed by atoms with Gasteiger partial charge in [-0.1, -0.05) is 44.5 Å². The van der Waals surface area contributed by atoms with Gasteiger partial charge in [-0.15, -0.1) is 0 Å². The third-order valence-corrected chi connectivity index (χ3v) is 3.86. The molecule has 2 atom stereocenters. The largest absolute Gasteiger partial charge is 0.327 e. The molecule has 0 bridgehead atoms. The molecule has 16 heavy (non-hydrogen) atoms. The molecule has 0 radical (unpaired) electrons. The normalized spacial score (nSPS) is 25.2. The Kier molecular flexibility index (Phi) is 3.65. The molecule has 1 aliphatic rings. The van der Waals surface area contributed by atoms with E-state index in [9.17, 15) is 0 Å². The van der Waals surface area contributed by atoms with Crippen LogP contribution in [0.2, 0.25) is 0 Å². The lowest BCUT2D eigenvalue weighted by molar-refractivity contribution is 0.479. The van der Waals surface area contributed by atoms with Crippen molar-refractivity contribution >= 4 is 0 Å². The molecule has 1 heteroatoms. The highest BCUT2D eigenvalue weighted by Gasteiger charge is 2.23. The van der Waals surface area contributed by atoms with Crippen LogP contribution >= 0.6 is 0 Å². The summed E-state index contributed by atoms with van der Waals surface area (Å²) >= 11 is 0. The molecule has 0 heterocycles. The molecule has 1 aromatic rings. The van der Waals surface area contributed by atoms with Crippen molar-refractivity contribution in [1.29, 1.82) is 0 Å². The van der Waals surface area contributed by atoms with Crippen molar-refractivity contribution in [1.82, 2.24) is 0 Å². The lowest BCUT2D eigenvalue weighted by Gasteiger charge is -2.15. The molecule has 1 nitrogen and oxygen atoms in total. The molecule has 88 valence electrons. The highest BCUT2D eigenvalue weighted by atomic mass is 14.7. The van der Waals surface area contributed by atoms with Crippen molar-refractivity contribution in [3.63, 3.8) is 0 Å². The first-order chi connectivity index (χ1) is 7.66. The first kappa shape index (κ1) is 11.7. The second-order valence-electron chi connectivity index (χ2n) is 5.46. The lowest BCUT2D eigenvalue weighted by Crippen LogP contribution is -2.25. The molecule has 1 saturated carbocycles. The Labute approximate surface area is 99.0 Å². The maximum absolute atomic E-state index is 6.10. The molecule has 1 aromatic carbocycles. The van der Waals surface area contributed by atoms with E-state index < -0.39 is 0 Å². The van der Waals surface area contributed by atoms with Crippen LogP contribution in [0.15, 0.2) is 24.3 Å². The summed E-state index contributed by atoms with van der Waals surface area (Å²) in [7, 11) is 0. The molecule has 1 fully saturated rings. The Morgan fingerprint density at radius 3 is 2.38 bits per heavy atom. The van der Waals surface area contributed by atoms with Gasteiger partial charge in [0.1, 0.15) is 0 Å². The van der Waals surface area contributed by atoms with Gasteiger partial charge in [-0.3, -0.25) is 0 Å². The van der Waals surface area contributed by atoms with Crippen LogP contribution in [0.1, 0.15) is 50.2 Å². The van der Waals surface area contributed by atoms with Crippen LogP contribution < -0.4 is 5.73 Å². The van der Waals surface area contributed by atoms with Crippen molar-refractivity contribution in [2.75, 3.05) is 0 Å². The summed E-state index contributed by atoms with van der Waals surface area (Å²) in [6.07, 6.45) is 5.01. The van der Waals surface area contributed by atoms with E-state index in [2.05, 4.69) is 38.1 Å². The fraction of sp³-hybridized carbons (Fsp3) is 0.600. The summed E-state index contributed by atoms with van der Waals surface area (Å²) in [4.78, 5) is 0. The fourth-order valence-corrected chi connectivity index (χ4v) is 2.66. The molecule has 2 N–H and O–H groups in total. The third kappa shape index (κ3) is 2.65. The van der Waals surface area contributed by atoms with E-state index in [1.807, 2.05) is 0 Å². The van der Waals surface area contributed by atoms with Gasteiger partial charge in [-0.05, 0) is 42.2 Å². The maximum atomic E-state index is 6.10. The molecule has 2 unspecified atom stereocenters. The SMILES string of the molecule is CC(C)c1ccc(CC2CCCC2N)cc1. The first-order valence-electron chi connectivity index (χ1n) is 6.51. The molecular formula is C15H23N. The van der Waals surface area contributed by atoms with Crippen LogP contribution in [0, 0.1) is 5.92 Å². The molecule has 0 aromatic heterocycles. The van der Waals surface area contributed by atoms with Crippen molar-refractivity contribution in [2.45, 2.75) is 51.5 Å². The average Bonchev–Trinajstić information content (AvgIpc) is 2.65. The van der Waals surface area contributed by atoms with Gasteiger partial charge in [0.15, 0.2) is 0 Å². The average molecular weight is 217 g/mol. The summed E-state index contributed by atoms with van der Waals surface area (Å²) < 4.78 is 0. The van der Waals surface area contributed by atoms with Gasteiger partial charge in [0.05, 0.1) is 0 Å². The van der Waals surface area contributed by atoms with Crippen LogP contribution in [0.25, 0.3) is 0 Å². The molecule has 0 aliphatic heterocycles. The third-order valence-electron chi connectivity index (χ3n) is 3.86. The Morgan fingerprint density at radius 2 is 1.88 bits per heavy atom. The smallest absolute Gasteiger partial charge is 0.00703 e. The van der Waals surface area contributed by atoms with Crippen LogP contribution in [0.3, 0.4) is 0 Å². The molecular weight excluding hydrogens is 194 g/mol. The minimum atomic E-state index is 0.435. The van der Waals surface area contributed by atoms with Crippen LogP contribution in [-0.2, 0) is 6.42 Å². The van der Waals surface area contributed by atoms with Crippen molar-refractivity contribution in [3.05, 3.63) is 35.4 Å². The number of nitrogens with two attached hydrogens (primary N) is 1. The highest BCUT2D eigenvalue weighted by molar-refractivity contribution is 5.25. The van der Waals surface area contributed by atoms with Gasteiger partial charge >= 0.3 is 0 Å². The number of hydrogen-bond donors (Lipinski definition) is 1. The van der Waals surface area contributed by atoms with Gasteiger partial charge in [0.25, 0.3) is 0 Å². The summed E-state index contributed by atoms with van der Waals surface area (Å²) in [5.74, 6) is 1.34. The molecule has 0 spiro atoms.